The topological polar surface area (TPSA) is 53.0 Å². The van der Waals surface area contributed by atoms with Crippen molar-refractivity contribution in [1.29, 1.82) is 0 Å². The van der Waals surface area contributed by atoms with Crippen molar-refractivity contribution in [2.75, 3.05) is 18.8 Å². The van der Waals surface area contributed by atoms with Crippen molar-refractivity contribution in [3.63, 3.8) is 0 Å². The van der Waals surface area contributed by atoms with Gasteiger partial charge in [0.05, 0.1) is 5.69 Å². The van der Waals surface area contributed by atoms with E-state index in [1.165, 1.54) is 18.4 Å². The van der Waals surface area contributed by atoms with E-state index in [1.807, 2.05) is 18.2 Å². The molecule has 0 amide bonds. The first kappa shape index (κ1) is 15.6. The zero-order valence-electron chi connectivity index (χ0n) is 11.5. The van der Waals surface area contributed by atoms with Gasteiger partial charge in [-0.3, -0.25) is 0 Å². The molecule has 101 valence electrons. The fourth-order valence-corrected chi connectivity index (χ4v) is 2.62. The van der Waals surface area contributed by atoms with Crippen LogP contribution >= 0.6 is 0 Å². The van der Waals surface area contributed by atoms with Gasteiger partial charge >= 0.3 is 0 Å². The zero-order valence-corrected chi connectivity index (χ0v) is 14.3. The quantitative estimate of drug-likeness (QED) is 0.908. The number of hydrogen-bond acceptors (Lipinski definition) is 2. The number of benzene rings is 1. The van der Waals surface area contributed by atoms with Crippen LogP contribution in [0.5, 0.6) is 0 Å². The number of nitrogens with zero attached hydrogens (tertiary/aromatic N) is 2. The second kappa shape index (κ2) is 7.30. The van der Waals surface area contributed by atoms with E-state index >= 15 is 0 Å². The Hall–Kier alpha value is -0.766. The molecular formula is C16H18N3Y-. The Bertz CT molecular complexity index is 548. The normalized spacial score (nSPS) is 15.6. The Morgan fingerprint density at radius 2 is 1.70 bits per heavy atom. The van der Waals surface area contributed by atoms with Crippen LogP contribution in [0.3, 0.4) is 0 Å². The van der Waals surface area contributed by atoms with E-state index in [4.69, 9.17) is 5.73 Å². The zero-order chi connectivity index (χ0) is 13.1. The van der Waals surface area contributed by atoms with Gasteiger partial charge in [0, 0.05) is 38.3 Å². The number of pyridine rings is 1. The third-order valence-electron chi connectivity index (χ3n) is 3.72. The van der Waals surface area contributed by atoms with Crippen LogP contribution in [-0.2, 0) is 32.7 Å². The SMILES string of the molecule is Nc1cccc(-c2ccc(C3CC[N-]CC3)cc2)n1.[Y]. The molecule has 2 aromatic rings. The minimum Gasteiger partial charge on any atom is -0.662 e. The monoisotopic (exact) mass is 341 g/mol. The molecule has 1 aromatic heterocycles. The summed E-state index contributed by atoms with van der Waals surface area (Å²) in [6.07, 6.45) is 2.35. The molecule has 1 radical (unpaired) electrons. The van der Waals surface area contributed by atoms with Gasteiger partial charge in [0.15, 0.2) is 0 Å². The molecule has 3 nitrogen and oxygen atoms in total. The van der Waals surface area contributed by atoms with Crippen LogP contribution in [0.1, 0.15) is 24.3 Å². The standard InChI is InChI=1S/C16H18N3.Y/c17-16-3-1-2-15(19-16)14-6-4-12(5-7-14)13-8-10-18-11-9-13;/h1-7,13H,8-11H2,(H2,17,19);/q-1;. The molecule has 20 heavy (non-hydrogen) atoms. The summed E-state index contributed by atoms with van der Waals surface area (Å²) in [6, 6.07) is 14.5. The van der Waals surface area contributed by atoms with Crippen LogP contribution in [0.2, 0.25) is 0 Å². The maximum absolute atomic E-state index is 5.72. The van der Waals surface area contributed by atoms with Gasteiger partial charge in [-0.25, -0.2) is 4.98 Å². The second-order valence-electron chi connectivity index (χ2n) is 5.01. The Morgan fingerprint density at radius 1 is 1.00 bits per heavy atom. The number of nitrogens with two attached hydrogens (primary N) is 1. The minimum absolute atomic E-state index is 0. The molecule has 1 aliphatic rings. The predicted octanol–water partition coefficient (Wildman–Crippen LogP) is 3.58. The van der Waals surface area contributed by atoms with Gasteiger partial charge in [-0.1, -0.05) is 43.2 Å². The van der Waals surface area contributed by atoms with Gasteiger partial charge in [-0.05, 0) is 23.6 Å². The maximum Gasteiger partial charge on any atom is 0.124 e. The number of piperidine rings is 1. The van der Waals surface area contributed by atoms with E-state index in [9.17, 15) is 0 Å². The van der Waals surface area contributed by atoms with Gasteiger partial charge in [-0.2, -0.15) is 0 Å². The molecule has 2 heterocycles. The summed E-state index contributed by atoms with van der Waals surface area (Å²) in [5.74, 6) is 1.23. The van der Waals surface area contributed by atoms with E-state index in [0.717, 1.165) is 24.3 Å². The number of hydrogen-bond donors (Lipinski definition) is 1. The Kier molecular flexibility index (Phi) is 5.70. The van der Waals surface area contributed by atoms with Crippen molar-refractivity contribution in [2.45, 2.75) is 18.8 Å². The third-order valence-corrected chi connectivity index (χ3v) is 3.72. The summed E-state index contributed by atoms with van der Waals surface area (Å²) in [7, 11) is 0. The molecule has 1 fully saturated rings. The molecule has 1 aliphatic heterocycles. The molecule has 0 spiro atoms. The Balaban J connectivity index is 0.00000147. The van der Waals surface area contributed by atoms with Crippen molar-refractivity contribution in [3.8, 4) is 11.3 Å². The van der Waals surface area contributed by atoms with Gasteiger partial charge in [0.1, 0.15) is 5.82 Å². The van der Waals surface area contributed by atoms with Crippen LogP contribution in [0.25, 0.3) is 16.6 Å². The predicted molar refractivity (Wildman–Crippen MR) is 79.2 cm³/mol. The molecule has 2 N–H and O–H groups in total. The van der Waals surface area contributed by atoms with Crippen molar-refractivity contribution in [1.82, 2.24) is 4.98 Å². The molecule has 1 aromatic carbocycles. The molecular weight excluding hydrogens is 323 g/mol. The summed E-state index contributed by atoms with van der Waals surface area (Å²) in [6.45, 7) is 2.01. The first-order valence-electron chi connectivity index (χ1n) is 6.79. The number of nitrogen functional groups attached to an aromatic ring is 1. The molecule has 1 saturated heterocycles. The summed E-state index contributed by atoms with van der Waals surface area (Å²) < 4.78 is 0. The molecule has 0 saturated carbocycles. The first-order valence-corrected chi connectivity index (χ1v) is 6.79. The maximum atomic E-state index is 5.72. The third kappa shape index (κ3) is 3.66. The van der Waals surface area contributed by atoms with Gasteiger partial charge < -0.3 is 11.1 Å². The average molecular weight is 341 g/mol. The van der Waals surface area contributed by atoms with Gasteiger partial charge in [0.2, 0.25) is 0 Å². The smallest absolute Gasteiger partial charge is 0.124 e. The average Bonchev–Trinajstić information content (AvgIpc) is 2.48. The molecule has 0 atom stereocenters. The summed E-state index contributed by atoms with van der Waals surface area (Å²) in [5, 5.41) is 4.40. The van der Waals surface area contributed by atoms with Crippen LogP contribution < -0.4 is 5.73 Å². The van der Waals surface area contributed by atoms with Crippen LogP contribution in [-0.4, -0.2) is 18.1 Å². The second-order valence-corrected chi connectivity index (χ2v) is 5.01. The fourth-order valence-electron chi connectivity index (χ4n) is 2.62. The molecule has 0 bridgehead atoms. The van der Waals surface area contributed by atoms with Gasteiger partial charge in [-0.15, -0.1) is 13.1 Å². The van der Waals surface area contributed by atoms with Crippen molar-refractivity contribution in [3.05, 3.63) is 53.3 Å². The Morgan fingerprint density at radius 3 is 2.35 bits per heavy atom. The fraction of sp³-hybridized carbons (Fsp3) is 0.312. The summed E-state index contributed by atoms with van der Waals surface area (Å²) in [5.41, 5.74) is 9.20. The van der Waals surface area contributed by atoms with Crippen LogP contribution in [0.4, 0.5) is 5.82 Å². The van der Waals surface area contributed by atoms with Crippen LogP contribution in [0, 0.1) is 0 Å². The van der Waals surface area contributed by atoms with E-state index in [-0.39, 0.29) is 32.7 Å². The van der Waals surface area contributed by atoms with Gasteiger partial charge in [0.25, 0.3) is 0 Å². The summed E-state index contributed by atoms with van der Waals surface area (Å²) in [4.78, 5) is 4.35. The first-order chi connectivity index (χ1) is 9.33. The summed E-state index contributed by atoms with van der Waals surface area (Å²) >= 11 is 0. The number of aromatic nitrogens is 1. The van der Waals surface area contributed by atoms with Crippen molar-refractivity contribution >= 4 is 5.82 Å². The van der Waals surface area contributed by atoms with E-state index in [1.54, 1.807) is 0 Å². The molecule has 0 unspecified atom stereocenters. The van der Waals surface area contributed by atoms with Crippen LogP contribution in [0.15, 0.2) is 42.5 Å². The van der Waals surface area contributed by atoms with E-state index in [2.05, 4.69) is 34.6 Å². The number of anilines is 1. The van der Waals surface area contributed by atoms with E-state index in [0.29, 0.717) is 11.7 Å². The van der Waals surface area contributed by atoms with Crippen molar-refractivity contribution < 1.29 is 32.7 Å². The molecule has 3 rings (SSSR count). The van der Waals surface area contributed by atoms with Crippen molar-refractivity contribution in [2.24, 2.45) is 0 Å². The Labute approximate surface area is 145 Å². The minimum atomic E-state index is 0. The van der Waals surface area contributed by atoms with E-state index < -0.39 is 0 Å². The largest absolute Gasteiger partial charge is 0.662 e. The molecule has 0 aliphatic carbocycles. The molecule has 4 heteroatoms. The number of rotatable bonds is 2.